The van der Waals surface area contributed by atoms with Gasteiger partial charge in [0.2, 0.25) is 0 Å². The summed E-state index contributed by atoms with van der Waals surface area (Å²) in [6, 6.07) is 17.9. The van der Waals surface area contributed by atoms with E-state index in [9.17, 15) is 4.79 Å². The summed E-state index contributed by atoms with van der Waals surface area (Å²) >= 11 is 1.71. The van der Waals surface area contributed by atoms with Crippen LogP contribution in [-0.2, 0) is 6.42 Å². The fraction of sp³-hybridized carbons (Fsp3) is 0.238. The van der Waals surface area contributed by atoms with Crippen molar-refractivity contribution in [2.24, 2.45) is 0 Å². The van der Waals surface area contributed by atoms with E-state index < -0.39 is 0 Å². The zero-order chi connectivity index (χ0) is 17.5. The van der Waals surface area contributed by atoms with Gasteiger partial charge >= 0.3 is 0 Å². The van der Waals surface area contributed by atoms with Crippen LogP contribution in [-0.4, -0.2) is 17.4 Å². The summed E-state index contributed by atoms with van der Waals surface area (Å²) < 4.78 is 0. The van der Waals surface area contributed by atoms with E-state index in [1.807, 2.05) is 49.4 Å². The van der Waals surface area contributed by atoms with Crippen molar-refractivity contribution >= 4 is 17.2 Å². The predicted molar refractivity (Wildman–Crippen MR) is 104 cm³/mol. The number of hydrogen-bond acceptors (Lipinski definition) is 3. The fourth-order valence-corrected chi connectivity index (χ4v) is 3.49. The number of hydrogen-bond donors (Lipinski definition) is 1. The second kappa shape index (κ2) is 8.58. The molecule has 0 unspecified atom stereocenters. The van der Waals surface area contributed by atoms with Gasteiger partial charge in [-0.3, -0.25) is 4.79 Å². The summed E-state index contributed by atoms with van der Waals surface area (Å²) in [5.41, 5.74) is 4.07. The van der Waals surface area contributed by atoms with E-state index in [0.29, 0.717) is 12.1 Å². The fourth-order valence-electron chi connectivity index (χ4n) is 2.67. The monoisotopic (exact) mass is 350 g/mol. The van der Waals surface area contributed by atoms with Gasteiger partial charge in [0.1, 0.15) is 0 Å². The molecule has 1 N–H and O–H groups in total. The SMILES string of the molecule is Cc1csc(CCCCNC(=O)c2ccc(-c3ccccc3)cc2)n1. The van der Waals surface area contributed by atoms with Crippen molar-refractivity contribution in [1.82, 2.24) is 10.3 Å². The molecule has 3 aromatic rings. The number of unbranched alkanes of at least 4 members (excludes halogenated alkanes) is 1. The zero-order valence-corrected chi connectivity index (χ0v) is 15.2. The number of thiazole rings is 1. The van der Waals surface area contributed by atoms with Crippen LogP contribution in [0, 0.1) is 6.92 Å². The Bertz CT molecular complexity index is 809. The lowest BCUT2D eigenvalue weighted by Crippen LogP contribution is -2.24. The zero-order valence-electron chi connectivity index (χ0n) is 14.4. The topological polar surface area (TPSA) is 42.0 Å². The van der Waals surface area contributed by atoms with Gasteiger partial charge in [-0.25, -0.2) is 4.98 Å². The molecule has 0 aliphatic carbocycles. The molecule has 0 atom stereocenters. The molecule has 0 spiro atoms. The van der Waals surface area contributed by atoms with Gasteiger partial charge in [-0.05, 0) is 49.4 Å². The van der Waals surface area contributed by atoms with Crippen molar-refractivity contribution in [3.8, 4) is 11.1 Å². The van der Waals surface area contributed by atoms with Crippen LogP contribution in [0.25, 0.3) is 11.1 Å². The number of amides is 1. The minimum Gasteiger partial charge on any atom is -0.352 e. The van der Waals surface area contributed by atoms with Gasteiger partial charge in [0.15, 0.2) is 0 Å². The van der Waals surface area contributed by atoms with E-state index in [1.165, 1.54) is 5.01 Å². The molecule has 0 saturated heterocycles. The van der Waals surface area contributed by atoms with Gasteiger partial charge in [0, 0.05) is 23.2 Å². The predicted octanol–water partition coefficient (Wildman–Crippen LogP) is 4.87. The molecule has 1 aromatic heterocycles. The van der Waals surface area contributed by atoms with Crippen LogP contribution in [0.1, 0.15) is 33.9 Å². The minimum absolute atomic E-state index is 0.00953. The van der Waals surface area contributed by atoms with Crippen molar-refractivity contribution in [3.63, 3.8) is 0 Å². The first-order valence-electron chi connectivity index (χ1n) is 8.57. The van der Waals surface area contributed by atoms with Crippen LogP contribution in [0.3, 0.4) is 0 Å². The summed E-state index contributed by atoms with van der Waals surface area (Å²) in [6.45, 7) is 2.72. The van der Waals surface area contributed by atoms with Crippen LogP contribution in [0.4, 0.5) is 0 Å². The first-order chi connectivity index (χ1) is 12.2. The molecule has 0 saturated carbocycles. The van der Waals surface area contributed by atoms with Gasteiger partial charge in [-0.2, -0.15) is 0 Å². The number of aromatic nitrogens is 1. The van der Waals surface area contributed by atoms with Crippen molar-refractivity contribution in [2.45, 2.75) is 26.2 Å². The summed E-state index contributed by atoms with van der Waals surface area (Å²) in [7, 11) is 0. The Morgan fingerprint density at radius 1 is 1.00 bits per heavy atom. The van der Waals surface area contributed by atoms with Crippen LogP contribution >= 0.6 is 11.3 Å². The lowest BCUT2D eigenvalue weighted by atomic mass is 10.0. The molecule has 3 rings (SSSR count). The number of rotatable bonds is 7. The highest BCUT2D eigenvalue weighted by molar-refractivity contribution is 7.09. The average Bonchev–Trinajstić information content (AvgIpc) is 3.07. The highest BCUT2D eigenvalue weighted by atomic mass is 32.1. The summed E-state index contributed by atoms with van der Waals surface area (Å²) in [4.78, 5) is 16.7. The second-order valence-electron chi connectivity index (χ2n) is 6.04. The number of nitrogens with zero attached hydrogens (tertiary/aromatic N) is 1. The van der Waals surface area contributed by atoms with Crippen LogP contribution in [0.15, 0.2) is 60.0 Å². The van der Waals surface area contributed by atoms with Gasteiger partial charge in [0.25, 0.3) is 5.91 Å². The van der Waals surface area contributed by atoms with Gasteiger partial charge < -0.3 is 5.32 Å². The smallest absolute Gasteiger partial charge is 0.251 e. The van der Waals surface area contributed by atoms with E-state index in [1.54, 1.807) is 11.3 Å². The Kier molecular flexibility index (Phi) is 5.96. The van der Waals surface area contributed by atoms with Crippen molar-refractivity contribution < 1.29 is 4.79 Å². The number of aryl methyl sites for hydroxylation is 2. The number of nitrogens with one attached hydrogen (secondary N) is 1. The molecule has 0 radical (unpaired) electrons. The lowest BCUT2D eigenvalue weighted by molar-refractivity contribution is 0.0953. The van der Waals surface area contributed by atoms with E-state index in [-0.39, 0.29) is 5.91 Å². The van der Waals surface area contributed by atoms with Crippen molar-refractivity contribution in [3.05, 3.63) is 76.2 Å². The molecule has 1 heterocycles. The molecular formula is C21H22N2OS. The van der Waals surface area contributed by atoms with E-state index in [4.69, 9.17) is 0 Å². The van der Waals surface area contributed by atoms with Crippen LogP contribution in [0.5, 0.6) is 0 Å². The Morgan fingerprint density at radius 3 is 2.40 bits per heavy atom. The highest BCUT2D eigenvalue weighted by Crippen LogP contribution is 2.19. The number of benzene rings is 2. The first kappa shape index (κ1) is 17.4. The molecule has 2 aromatic carbocycles. The van der Waals surface area contributed by atoms with E-state index in [0.717, 1.165) is 36.1 Å². The molecule has 4 heteroatoms. The third-order valence-corrected chi connectivity index (χ3v) is 5.05. The minimum atomic E-state index is -0.00953. The molecular weight excluding hydrogens is 328 g/mol. The summed E-state index contributed by atoms with van der Waals surface area (Å²) in [5, 5.41) is 6.25. The van der Waals surface area contributed by atoms with Crippen LogP contribution < -0.4 is 5.32 Å². The molecule has 0 fully saturated rings. The van der Waals surface area contributed by atoms with Gasteiger partial charge in [-0.15, -0.1) is 11.3 Å². The maximum Gasteiger partial charge on any atom is 0.251 e. The highest BCUT2D eigenvalue weighted by Gasteiger charge is 2.05. The number of carbonyl (C=O) groups is 1. The third kappa shape index (κ3) is 5.00. The Morgan fingerprint density at radius 2 is 1.72 bits per heavy atom. The lowest BCUT2D eigenvalue weighted by Gasteiger charge is -2.06. The Hall–Kier alpha value is -2.46. The molecule has 0 aliphatic rings. The molecule has 3 nitrogen and oxygen atoms in total. The van der Waals surface area contributed by atoms with Crippen molar-refractivity contribution in [1.29, 1.82) is 0 Å². The maximum absolute atomic E-state index is 12.2. The summed E-state index contributed by atoms with van der Waals surface area (Å²) in [5.74, 6) is -0.00953. The Labute approximate surface area is 152 Å². The molecule has 1 amide bonds. The molecule has 0 bridgehead atoms. The first-order valence-corrected chi connectivity index (χ1v) is 9.45. The Balaban J connectivity index is 1.43. The standard InChI is InChI=1S/C21H22N2OS/c1-16-15-25-20(23-16)9-5-6-14-22-21(24)19-12-10-18(11-13-19)17-7-3-2-4-8-17/h2-4,7-8,10-13,15H,5-6,9,14H2,1H3,(H,22,24). The molecule has 0 aliphatic heterocycles. The number of carbonyl (C=O) groups excluding carboxylic acids is 1. The second-order valence-corrected chi connectivity index (χ2v) is 6.98. The third-order valence-electron chi connectivity index (χ3n) is 4.02. The average molecular weight is 350 g/mol. The van der Waals surface area contributed by atoms with Gasteiger partial charge in [-0.1, -0.05) is 42.5 Å². The molecule has 128 valence electrons. The van der Waals surface area contributed by atoms with E-state index in [2.05, 4.69) is 27.8 Å². The maximum atomic E-state index is 12.2. The normalized spacial score (nSPS) is 10.6. The largest absolute Gasteiger partial charge is 0.352 e. The quantitative estimate of drug-likeness (QED) is 0.618. The van der Waals surface area contributed by atoms with Crippen LogP contribution in [0.2, 0.25) is 0 Å². The van der Waals surface area contributed by atoms with E-state index >= 15 is 0 Å². The molecule has 25 heavy (non-hydrogen) atoms. The van der Waals surface area contributed by atoms with Gasteiger partial charge in [0.05, 0.1) is 5.01 Å². The summed E-state index contributed by atoms with van der Waals surface area (Å²) in [6.07, 6.45) is 2.99. The van der Waals surface area contributed by atoms with Crippen molar-refractivity contribution in [2.75, 3.05) is 6.54 Å².